The van der Waals surface area contributed by atoms with Gasteiger partial charge in [-0.15, -0.1) is 0 Å². The van der Waals surface area contributed by atoms with E-state index in [1.807, 2.05) is 35.2 Å². The molecule has 1 unspecified atom stereocenters. The van der Waals surface area contributed by atoms with E-state index >= 15 is 0 Å². The lowest BCUT2D eigenvalue weighted by atomic mass is 10.1. The number of carbonyl (C=O) groups is 1. The number of amides is 1. The first-order valence-corrected chi connectivity index (χ1v) is 11.7. The number of nitrogens with zero attached hydrogens (tertiary/aromatic N) is 2. The second-order valence-electron chi connectivity index (χ2n) is 8.74. The molecule has 2 N–H and O–H groups in total. The van der Waals surface area contributed by atoms with Crippen molar-refractivity contribution in [1.82, 2.24) is 15.5 Å². The first-order chi connectivity index (χ1) is 15.7. The van der Waals surface area contributed by atoms with Crippen molar-refractivity contribution in [2.45, 2.75) is 51.3 Å². The van der Waals surface area contributed by atoms with Crippen molar-refractivity contribution in [2.24, 2.45) is 10.9 Å². The molecule has 6 nitrogen and oxygen atoms in total. The molecule has 0 radical (unpaired) electrons. The summed E-state index contributed by atoms with van der Waals surface area (Å²) in [6, 6.07) is 18.5. The van der Waals surface area contributed by atoms with Gasteiger partial charge in [0.05, 0.1) is 0 Å². The highest BCUT2D eigenvalue weighted by Crippen LogP contribution is 2.27. The molecule has 1 aliphatic carbocycles. The van der Waals surface area contributed by atoms with Crippen LogP contribution in [0.15, 0.2) is 59.6 Å². The van der Waals surface area contributed by atoms with E-state index < -0.39 is 0 Å². The number of rotatable bonds is 7. The van der Waals surface area contributed by atoms with Gasteiger partial charge in [-0.05, 0) is 42.5 Å². The molecule has 0 spiro atoms. The Morgan fingerprint density at radius 3 is 2.62 bits per heavy atom. The Bertz CT molecular complexity index is 909. The van der Waals surface area contributed by atoms with Crippen molar-refractivity contribution < 1.29 is 9.53 Å². The molecule has 4 rings (SSSR count). The Labute approximate surface area is 191 Å². The van der Waals surface area contributed by atoms with E-state index in [1.165, 1.54) is 12.8 Å². The molecule has 32 heavy (non-hydrogen) atoms. The Kier molecular flexibility index (Phi) is 7.64. The number of nitrogens with one attached hydrogen (secondary N) is 2. The van der Waals surface area contributed by atoms with Gasteiger partial charge in [-0.1, -0.05) is 55.3 Å². The molecular weight excluding hydrogens is 400 g/mol. The van der Waals surface area contributed by atoms with Gasteiger partial charge >= 0.3 is 0 Å². The summed E-state index contributed by atoms with van der Waals surface area (Å²) in [7, 11) is 1.78. The quantitative estimate of drug-likeness (QED) is 0.515. The Hall–Kier alpha value is -3.02. The molecular formula is C26H34N4O2. The van der Waals surface area contributed by atoms with E-state index in [0.717, 1.165) is 55.2 Å². The second kappa shape index (κ2) is 11.0. The van der Waals surface area contributed by atoms with E-state index in [2.05, 4.69) is 39.9 Å². The fourth-order valence-electron chi connectivity index (χ4n) is 4.57. The van der Waals surface area contributed by atoms with Gasteiger partial charge < -0.3 is 20.3 Å². The van der Waals surface area contributed by atoms with Crippen molar-refractivity contribution in [3.63, 3.8) is 0 Å². The number of guanidine groups is 1. The molecule has 170 valence electrons. The minimum Gasteiger partial charge on any atom is -0.489 e. The number of likely N-dealkylation sites (tertiary alicyclic amines) is 1. The molecule has 0 aromatic heterocycles. The molecule has 0 bridgehead atoms. The molecule has 1 heterocycles. The van der Waals surface area contributed by atoms with Gasteiger partial charge in [-0.2, -0.15) is 0 Å². The van der Waals surface area contributed by atoms with Crippen LogP contribution in [0.3, 0.4) is 0 Å². The van der Waals surface area contributed by atoms with Gasteiger partial charge in [0.15, 0.2) is 5.96 Å². The first-order valence-electron chi connectivity index (χ1n) is 11.7. The molecule has 2 aromatic carbocycles. The topological polar surface area (TPSA) is 66.0 Å². The number of aliphatic imine (C=N–C) groups is 1. The van der Waals surface area contributed by atoms with Crippen LogP contribution in [0.2, 0.25) is 0 Å². The lowest BCUT2D eigenvalue weighted by Gasteiger charge is -2.21. The van der Waals surface area contributed by atoms with Crippen molar-refractivity contribution in [3.05, 3.63) is 65.7 Å². The lowest BCUT2D eigenvalue weighted by molar-refractivity contribution is -0.134. The van der Waals surface area contributed by atoms with Crippen molar-refractivity contribution in [1.29, 1.82) is 0 Å². The van der Waals surface area contributed by atoms with Gasteiger partial charge in [0.25, 0.3) is 0 Å². The normalized spacial score (nSPS) is 19.2. The van der Waals surface area contributed by atoms with Gasteiger partial charge in [0, 0.05) is 38.6 Å². The Morgan fingerprint density at radius 1 is 1.06 bits per heavy atom. The monoisotopic (exact) mass is 434 g/mol. The molecule has 6 heteroatoms. The second-order valence-corrected chi connectivity index (χ2v) is 8.74. The van der Waals surface area contributed by atoms with E-state index in [4.69, 9.17) is 4.74 Å². The highest BCUT2D eigenvalue weighted by molar-refractivity contribution is 5.81. The number of hydrogen-bond donors (Lipinski definition) is 2. The third-order valence-corrected chi connectivity index (χ3v) is 6.38. The molecule has 2 aromatic rings. The zero-order chi connectivity index (χ0) is 22.2. The predicted octanol–water partition coefficient (Wildman–Crippen LogP) is 3.72. The van der Waals surface area contributed by atoms with Crippen molar-refractivity contribution in [2.75, 3.05) is 20.1 Å². The van der Waals surface area contributed by atoms with Gasteiger partial charge in [0.1, 0.15) is 12.4 Å². The van der Waals surface area contributed by atoms with Crippen LogP contribution in [0.5, 0.6) is 5.75 Å². The zero-order valence-electron chi connectivity index (χ0n) is 18.9. The van der Waals surface area contributed by atoms with Crippen LogP contribution in [-0.2, 0) is 17.9 Å². The summed E-state index contributed by atoms with van der Waals surface area (Å²) in [5.41, 5.74) is 2.28. The summed E-state index contributed by atoms with van der Waals surface area (Å²) in [6.07, 6.45) is 5.47. The maximum atomic E-state index is 12.7. The minimum atomic E-state index is 0.243. The van der Waals surface area contributed by atoms with Crippen molar-refractivity contribution in [3.8, 4) is 5.75 Å². The zero-order valence-corrected chi connectivity index (χ0v) is 18.9. The number of ether oxygens (including phenoxy) is 1. The predicted molar refractivity (Wildman–Crippen MR) is 127 cm³/mol. The number of carbonyl (C=O) groups excluding carboxylic acids is 1. The van der Waals surface area contributed by atoms with Gasteiger partial charge in [0.2, 0.25) is 5.91 Å². The highest BCUT2D eigenvalue weighted by Gasteiger charge is 2.32. The molecule has 1 saturated carbocycles. The summed E-state index contributed by atoms with van der Waals surface area (Å²) in [5, 5.41) is 6.88. The number of benzene rings is 2. The van der Waals surface area contributed by atoms with E-state index in [0.29, 0.717) is 19.1 Å². The number of hydrogen-bond acceptors (Lipinski definition) is 3. The lowest BCUT2D eigenvalue weighted by Crippen LogP contribution is -2.45. The maximum Gasteiger partial charge on any atom is 0.225 e. The third-order valence-electron chi connectivity index (χ3n) is 6.38. The van der Waals surface area contributed by atoms with Crippen LogP contribution in [0.1, 0.15) is 43.2 Å². The molecule has 2 fully saturated rings. The average molecular weight is 435 g/mol. The molecule has 1 aliphatic heterocycles. The molecule has 1 amide bonds. The van der Waals surface area contributed by atoms with Crippen LogP contribution >= 0.6 is 0 Å². The summed E-state index contributed by atoms with van der Waals surface area (Å²) < 4.78 is 5.94. The van der Waals surface area contributed by atoms with E-state index in [-0.39, 0.29) is 12.0 Å². The summed E-state index contributed by atoms with van der Waals surface area (Å²) >= 11 is 0. The summed E-state index contributed by atoms with van der Waals surface area (Å²) in [6.45, 7) is 2.81. The third kappa shape index (κ3) is 6.02. The molecule has 1 saturated heterocycles. The van der Waals surface area contributed by atoms with E-state index in [1.54, 1.807) is 7.05 Å². The van der Waals surface area contributed by atoms with Crippen LogP contribution in [0, 0.1) is 5.92 Å². The largest absolute Gasteiger partial charge is 0.489 e. The Balaban J connectivity index is 1.23. The maximum absolute atomic E-state index is 12.7. The fraction of sp³-hybridized carbons (Fsp3) is 0.462. The smallest absolute Gasteiger partial charge is 0.225 e. The highest BCUT2D eigenvalue weighted by atomic mass is 16.5. The van der Waals surface area contributed by atoms with E-state index in [9.17, 15) is 4.79 Å². The Morgan fingerprint density at radius 2 is 1.84 bits per heavy atom. The van der Waals surface area contributed by atoms with Gasteiger partial charge in [-0.3, -0.25) is 9.79 Å². The van der Waals surface area contributed by atoms with Crippen LogP contribution < -0.4 is 15.4 Å². The summed E-state index contributed by atoms with van der Waals surface area (Å²) in [4.78, 5) is 19.1. The first kappa shape index (κ1) is 22.2. The van der Waals surface area contributed by atoms with Gasteiger partial charge in [-0.25, -0.2) is 0 Å². The minimum absolute atomic E-state index is 0.243. The van der Waals surface area contributed by atoms with Crippen LogP contribution in [-0.4, -0.2) is 42.9 Å². The van der Waals surface area contributed by atoms with Crippen LogP contribution in [0.4, 0.5) is 0 Å². The molecule has 2 aliphatic rings. The fourth-order valence-corrected chi connectivity index (χ4v) is 4.57. The van der Waals surface area contributed by atoms with Crippen LogP contribution in [0.25, 0.3) is 0 Å². The summed E-state index contributed by atoms with van der Waals surface area (Å²) in [5.74, 6) is 2.22. The molecule has 1 atom stereocenters. The average Bonchev–Trinajstić information content (AvgIpc) is 3.53. The SMILES string of the molecule is CN=C(NCc1cccc(OCc2ccccc2)c1)NC1CCN(C(=O)C2CCCC2)C1. The standard InChI is InChI=1S/C26H34N4O2/c1-27-26(29-23-14-15-30(18-23)25(31)22-11-5-6-12-22)28-17-21-10-7-13-24(16-21)32-19-20-8-3-2-4-9-20/h2-4,7-10,13,16,22-23H,5-6,11-12,14-15,17-19H2,1H3,(H2,27,28,29). The van der Waals surface area contributed by atoms with Crippen molar-refractivity contribution >= 4 is 11.9 Å².